The van der Waals surface area contributed by atoms with E-state index in [1.165, 1.54) is 0 Å². The Morgan fingerprint density at radius 2 is 2.00 bits per heavy atom. The number of carbonyl (C=O) groups is 2. The van der Waals surface area contributed by atoms with Crippen molar-refractivity contribution in [2.75, 3.05) is 25.6 Å². The molecule has 1 saturated heterocycles. The minimum Gasteiger partial charge on any atom is -0.448 e. The molecule has 0 spiro atoms. The zero-order valence-electron chi connectivity index (χ0n) is 12.1. The minimum absolute atomic E-state index is 0.00985. The normalized spacial score (nSPS) is 15.5. The molecule has 0 atom stereocenters. The fourth-order valence-corrected chi connectivity index (χ4v) is 2.90. The molecule has 0 aliphatic carbocycles. The number of carbonyl (C=O) groups excluding carboxylic acids is 2. The monoisotopic (exact) mass is 388 g/mol. The summed E-state index contributed by atoms with van der Waals surface area (Å²) in [5.41, 5.74) is 0.662. The van der Waals surface area contributed by atoms with E-state index in [4.69, 9.17) is 16.3 Å². The zero-order valence-corrected chi connectivity index (χ0v) is 14.4. The third-order valence-electron chi connectivity index (χ3n) is 3.52. The van der Waals surface area contributed by atoms with Crippen LogP contribution < -0.4 is 5.32 Å². The highest BCUT2D eigenvalue weighted by Crippen LogP contribution is 2.20. The van der Waals surface area contributed by atoms with E-state index < -0.39 is 6.09 Å². The van der Waals surface area contributed by atoms with E-state index >= 15 is 0 Å². The van der Waals surface area contributed by atoms with Crippen molar-refractivity contribution >= 4 is 39.5 Å². The van der Waals surface area contributed by atoms with Crippen LogP contribution >= 0.6 is 27.5 Å². The van der Waals surface area contributed by atoms with Gasteiger partial charge in [-0.15, -0.1) is 11.6 Å². The average Bonchev–Trinajstić information content (AvgIpc) is 2.53. The molecule has 1 fully saturated rings. The number of piperidine rings is 1. The number of alkyl halides is 1. The number of benzene rings is 1. The molecular weight excluding hydrogens is 372 g/mol. The van der Waals surface area contributed by atoms with E-state index in [1.807, 2.05) is 23.1 Å². The highest BCUT2D eigenvalue weighted by molar-refractivity contribution is 9.10. The summed E-state index contributed by atoms with van der Waals surface area (Å²) >= 11 is 8.86. The molecule has 7 heteroatoms. The molecule has 1 aliphatic heterocycles. The van der Waals surface area contributed by atoms with Crippen LogP contribution in [-0.4, -0.2) is 48.5 Å². The average molecular weight is 390 g/mol. The van der Waals surface area contributed by atoms with Crippen LogP contribution in [0.1, 0.15) is 23.2 Å². The van der Waals surface area contributed by atoms with Crippen LogP contribution in [0.15, 0.2) is 28.7 Å². The lowest BCUT2D eigenvalue weighted by atomic mass is 10.0. The predicted molar refractivity (Wildman–Crippen MR) is 88.3 cm³/mol. The molecule has 120 valence electrons. The van der Waals surface area contributed by atoms with Crippen LogP contribution in [0.2, 0.25) is 0 Å². The van der Waals surface area contributed by atoms with E-state index in [9.17, 15) is 9.59 Å². The standard InChI is InChI=1S/C15H18BrClN2O3/c16-13-4-2-1-3-12(13)14(20)19-8-5-11(6-9-19)18-15(21)22-10-7-17/h1-4,11H,5-10H2,(H,18,21). The highest BCUT2D eigenvalue weighted by Gasteiger charge is 2.25. The summed E-state index contributed by atoms with van der Waals surface area (Å²) < 4.78 is 5.68. The number of likely N-dealkylation sites (tertiary alicyclic amines) is 1. The van der Waals surface area contributed by atoms with Crippen LogP contribution in [-0.2, 0) is 4.74 Å². The Kier molecular flexibility index (Phi) is 6.51. The van der Waals surface area contributed by atoms with Crippen LogP contribution in [0.3, 0.4) is 0 Å². The Morgan fingerprint density at radius 1 is 1.32 bits per heavy atom. The van der Waals surface area contributed by atoms with E-state index in [-0.39, 0.29) is 24.4 Å². The van der Waals surface area contributed by atoms with Gasteiger partial charge in [-0.05, 0) is 40.9 Å². The molecule has 2 rings (SSSR count). The second-order valence-corrected chi connectivity index (χ2v) is 6.25. The van der Waals surface area contributed by atoms with Crippen molar-refractivity contribution in [1.29, 1.82) is 0 Å². The number of nitrogens with one attached hydrogen (secondary N) is 1. The fraction of sp³-hybridized carbons (Fsp3) is 0.467. The second kappa shape index (κ2) is 8.39. The smallest absolute Gasteiger partial charge is 0.407 e. The quantitative estimate of drug-likeness (QED) is 0.805. The number of amides is 2. The van der Waals surface area contributed by atoms with Crippen LogP contribution in [0.4, 0.5) is 4.79 Å². The lowest BCUT2D eigenvalue weighted by molar-refractivity contribution is 0.0701. The first-order valence-electron chi connectivity index (χ1n) is 7.15. The second-order valence-electron chi connectivity index (χ2n) is 5.02. The van der Waals surface area contributed by atoms with Gasteiger partial charge in [0.2, 0.25) is 0 Å². The van der Waals surface area contributed by atoms with Gasteiger partial charge in [0.15, 0.2) is 0 Å². The minimum atomic E-state index is -0.448. The van der Waals surface area contributed by atoms with Crippen molar-refractivity contribution in [2.45, 2.75) is 18.9 Å². The fourth-order valence-electron chi connectivity index (χ4n) is 2.37. The molecule has 1 N–H and O–H groups in total. The molecule has 22 heavy (non-hydrogen) atoms. The Labute approximate surface area is 143 Å². The zero-order chi connectivity index (χ0) is 15.9. The van der Waals surface area contributed by atoms with Crippen molar-refractivity contribution in [2.24, 2.45) is 0 Å². The summed E-state index contributed by atoms with van der Waals surface area (Å²) in [6, 6.07) is 7.42. The Morgan fingerprint density at radius 3 is 2.64 bits per heavy atom. The number of halogens is 2. The van der Waals surface area contributed by atoms with E-state index in [0.717, 1.165) is 4.47 Å². The van der Waals surface area contributed by atoms with Crippen molar-refractivity contribution in [3.63, 3.8) is 0 Å². The summed E-state index contributed by atoms with van der Waals surface area (Å²) in [6.45, 7) is 1.42. The molecule has 0 saturated carbocycles. The van der Waals surface area contributed by atoms with Gasteiger partial charge in [0.1, 0.15) is 6.61 Å². The van der Waals surface area contributed by atoms with Gasteiger partial charge in [0.05, 0.1) is 11.4 Å². The lowest BCUT2D eigenvalue weighted by Crippen LogP contribution is -2.46. The maximum Gasteiger partial charge on any atom is 0.407 e. The third-order valence-corrected chi connectivity index (χ3v) is 4.36. The van der Waals surface area contributed by atoms with Gasteiger partial charge in [0, 0.05) is 23.6 Å². The summed E-state index contributed by atoms with van der Waals surface area (Å²) in [6.07, 6.45) is 0.981. The first kappa shape index (κ1) is 17.1. The van der Waals surface area contributed by atoms with Gasteiger partial charge in [-0.2, -0.15) is 0 Å². The maximum atomic E-state index is 12.5. The maximum absolute atomic E-state index is 12.5. The molecule has 1 aromatic rings. The molecule has 1 aromatic carbocycles. The van der Waals surface area contributed by atoms with Gasteiger partial charge < -0.3 is 15.0 Å². The summed E-state index contributed by atoms with van der Waals surface area (Å²) in [5.74, 6) is 0.294. The molecule has 1 heterocycles. The SMILES string of the molecule is O=C(NC1CCN(C(=O)c2ccccc2Br)CC1)OCCCl. The Bertz CT molecular complexity index is 533. The number of alkyl carbamates (subject to hydrolysis) is 1. The molecule has 5 nitrogen and oxygen atoms in total. The molecule has 0 bridgehead atoms. The van der Waals surface area contributed by atoms with Crippen molar-refractivity contribution in [3.05, 3.63) is 34.3 Å². The molecule has 0 aromatic heterocycles. The van der Waals surface area contributed by atoms with Crippen molar-refractivity contribution in [3.8, 4) is 0 Å². The van der Waals surface area contributed by atoms with Crippen molar-refractivity contribution < 1.29 is 14.3 Å². The largest absolute Gasteiger partial charge is 0.448 e. The lowest BCUT2D eigenvalue weighted by Gasteiger charge is -2.32. The molecule has 1 aliphatic rings. The Hall–Kier alpha value is -1.27. The van der Waals surface area contributed by atoms with Crippen LogP contribution in [0, 0.1) is 0 Å². The summed E-state index contributed by atoms with van der Waals surface area (Å²) in [7, 11) is 0. The Balaban J connectivity index is 1.83. The van der Waals surface area contributed by atoms with Gasteiger partial charge in [-0.25, -0.2) is 4.79 Å². The number of nitrogens with zero attached hydrogens (tertiary/aromatic N) is 1. The number of hydrogen-bond acceptors (Lipinski definition) is 3. The molecule has 0 unspecified atom stereocenters. The summed E-state index contributed by atoms with van der Waals surface area (Å²) in [5, 5.41) is 2.80. The van der Waals surface area contributed by atoms with Gasteiger partial charge >= 0.3 is 6.09 Å². The first-order valence-corrected chi connectivity index (χ1v) is 8.47. The van der Waals surface area contributed by atoms with Crippen molar-refractivity contribution in [1.82, 2.24) is 10.2 Å². The number of hydrogen-bond donors (Lipinski definition) is 1. The highest BCUT2D eigenvalue weighted by atomic mass is 79.9. The first-order chi connectivity index (χ1) is 10.6. The van der Waals surface area contributed by atoms with E-state index in [2.05, 4.69) is 21.2 Å². The van der Waals surface area contributed by atoms with Gasteiger partial charge in [-0.1, -0.05) is 12.1 Å². The number of rotatable bonds is 4. The van der Waals surface area contributed by atoms with Crippen LogP contribution in [0.5, 0.6) is 0 Å². The predicted octanol–water partition coefficient (Wildman–Crippen LogP) is 3.02. The number of ether oxygens (including phenoxy) is 1. The molecule has 0 radical (unpaired) electrons. The topological polar surface area (TPSA) is 58.6 Å². The molecular formula is C15H18BrClN2O3. The molecule has 2 amide bonds. The van der Waals surface area contributed by atoms with Crippen LogP contribution in [0.25, 0.3) is 0 Å². The van der Waals surface area contributed by atoms with E-state index in [1.54, 1.807) is 6.07 Å². The van der Waals surface area contributed by atoms with E-state index in [0.29, 0.717) is 31.5 Å². The van der Waals surface area contributed by atoms with Gasteiger partial charge in [0.25, 0.3) is 5.91 Å². The van der Waals surface area contributed by atoms with Gasteiger partial charge in [-0.3, -0.25) is 4.79 Å². The third kappa shape index (κ3) is 4.61. The summed E-state index contributed by atoms with van der Waals surface area (Å²) in [4.78, 5) is 25.7.